The average Bonchev–Trinajstić information content (AvgIpc) is 3.40. The highest BCUT2D eigenvalue weighted by Gasteiger charge is 2.48. The Bertz CT molecular complexity index is 1390. The molecule has 0 radical (unpaired) electrons. The Morgan fingerprint density at radius 3 is 2.43 bits per heavy atom. The monoisotopic (exact) mass is 518 g/mol. The van der Waals surface area contributed by atoms with Crippen LogP contribution >= 0.6 is 11.3 Å². The van der Waals surface area contributed by atoms with Crippen molar-refractivity contribution in [2.45, 2.75) is 26.8 Å². The molecule has 9 heteroatoms. The molecule has 4 rings (SSSR count). The van der Waals surface area contributed by atoms with Crippen molar-refractivity contribution in [1.82, 2.24) is 4.98 Å². The van der Waals surface area contributed by atoms with Crippen molar-refractivity contribution in [3.8, 4) is 5.75 Å². The van der Waals surface area contributed by atoms with E-state index in [-0.39, 0.29) is 27.9 Å². The van der Waals surface area contributed by atoms with Gasteiger partial charge in [0.25, 0.3) is 5.78 Å². The third kappa shape index (κ3) is 5.03. The molecule has 1 atom stereocenters. The summed E-state index contributed by atoms with van der Waals surface area (Å²) >= 11 is 0.962. The number of ketones is 1. The summed E-state index contributed by atoms with van der Waals surface area (Å²) < 4.78 is 10.7. The van der Waals surface area contributed by atoms with Gasteiger partial charge in [-0.25, -0.2) is 9.78 Å². The summed E-state index contributed by atoms with van der Waals surface area (Å²) in [6.45, 7) is 9.38. The fraction of sp³-hybridized carbons (Fsp3) is 0.214. The number of aliphatic hydroxyl groups is 1. The van der Waals surface area contributed by atoms with Crippen LogP contribution in [0.3, 0.4) is 0 Å². The number of esters is 1. The molecule has 0 aliphatic carbocycles. The van der Waals surface area contributed by atoms with Crippen molar-refractivity contribution in [1.29, 1.82) is 0 Å². The molecule has 8 nitrogen and oxygen atoms in total. The maximum absolute atomic E-state index is 13.4. The second-order valence-electron chi connectivity index (χ2n) is 8.34. The lowest BCUT2D eigenvalue weighted by molar-refractivity contribution is -0.132. The molecule has 0 bridgehead atoms. The van der Waals surface area contributed by atoms with Crippen LogP contribution < -0.4 is 9.64 Å². The molecule has 0 spiro atoms. The summed E-state index contributed by atoms with van der Waals surface area (Å²) in [5.41, 5.74) is 2.25. The fourth-order valence-electron chi connectivity index (χ4n) is 3.98. The highest BCUT2D eigenvalue weighted by atomic mass is 32.1. The number of aryl methyl sites for hydroxylation is 2. The summed E-state index contributed by atoms with van der Waals surface area (Å²) in [5.74, 6) is -1.97. The molecule has 3 aromatic rings. The van der Waals surface area contributed by atoms with Crippen LogP contribution in [0, 0.1) is 13.8 Å². The van der Waals surface area contributed by atoms with Gasteiger partial charge in [0, 0.05) is 5.56 Å². The van der Waals surface area contributed by atoms with Crippen molar-refractivity contribution in [3.63, 3.8) is 0 Å². The third-order valence-electron chi connectivity index (χ3n) is 5.79. The molecule has 0 unspecified atom stereocenters. The molecule has 1 fully saturated rings. The molecule has 1 saturated heterocycles. The lowest BCUT2D eigenvalue weighted by atomic mass is 9.95. The number of rotatable bonds is 8. The summed E-state index contributed by atoms with van der Waals surface area (Å²) in [6, 6.07) is 12.9. The van der Waals surface area contributed by atoms with Gasteiger partial charge in [0.15, 0.2) is 5.13 Å². The number of carbonyl (C=O) groups is 3. The van der Waals surface area contributed by atoms with Gasteiger partial charge in [0.1, 0.15) is 23.0 Å². The number of nitrogens with zero attached hydrogens (tertiary/aromatic N) is 2. The Labute approximate surface area is 218 Å². The summed E-state index contributed by atoms with van der Waals surface area (Å²) in [5, 5.41) is 11.4. The fourth-order valence-corrected chi connectivity index (χ4v) is 4.97. The van der Waals surface area contributed by atoms with Crippen LogP contribution in [0.1, 0.15) is 45.0 Å². The van der Waals surface area contributed by atoms with E-state index in [0.717, 1.165) is 16.9 Å². The van der Waals surface area contributed by atoms with Crippen molar-refractivity contribution in [2.24, 2.45) is 0 Å². The number of carbonyl (C=O) groups excluding carboxylic acids is 3. The number of amides is 1. The summed E-state index contributed by atoms with van der Waals surface area (Å²) in [7, 11) is 0. The number of anilines is 1. The summed E-state index contributed by atoms with van der Waals surface area (Å²) in [4.78, 5) is 45.0. The molecule has 2 aromatic carbocycles. The Balaban J connectivity index is 1.87. The minimum atomic E-state index is -0.977. The van der Waals surface area contributed by atoms with E-state index in [4.69, 9.17) is 9.47 Å². The zero-order valence-electron chi connectivity index (χ0n) is 20.7. The molecule has 0 saturated carbocycles. The molecule has 190 valence electrons. The molecule has 37 heavy (non-hydrogen) atoms. The van der Waals surface area contributed by atoms with Crippen LogP contribution in [0.2, 0.25) is 0 Å². The first-order valence-corrected chi connectivity index (χ1v) is 12.4. The minimum absolute atomic E-state index is 0.0702. The van der Waals surface area contributed by atoms with Crippen LogP contribution in [-0.2, 0) is 14.3 Å². The van der Waals surface area contributed by atoms with Crippen molar-refractivity contribution >= 4 is 39.9 Å². The van der Waals surface area contributed by atoms with Crippen molar-refractivity contribution < 1.29 is 29.0 Å². The number of aliphatic hydroxyl groups excluding tert-OH is 1. The van der Waals surface area contributed by atoms with Crippen molar-refractivity contribution in [3.05, 3.63) is 94.0 Å². The number of benzene rings is 2. The minimum Gasteiger partial charge on any atom is -0.507 e. The number of aromatic nitrogens is 1. The maximum Gasteiger partial charge on any atom is 0.350 e. The average molecular weight is 519 g/mol. The molecule has 2 heterocycles. The van der Waals surface area contributed by atoms with E-state index in [1.54, 1.807) is 56.3 Å². The largest absolute Gasteiger partial charge is 0.507 e. The predicted molar refractivity (Wildman–Crippen MR) is 141 cm³/mol. The molecule has 1 N–H and O–H groups in total. The number of ether oxygens (including phenoxy) is 2. The predicted octanol–water partition coefficient (Wildman–Crippen LogP) is 5.13. The van der Waals surface area contributed by atoms with Crippen LogP contribution in [0.25, 0.3) is 5.76 Å². The Morgan fingerprint density at radius 1 is 1.14 bits per heavy atom. The highest BCUT2D eigenvalue weighted by molar-refractivity contribution is 7.17. The summed E-state index contributed by atoms with van der Waals surface area (Å²) in [6.07, 6.45) is 1.62. The van der Waals surface area contributed by atoms with Gasteiger partial charge < -0.3 is 14.6 Å². The van der Waals surface area contributed by atoms with Gasteiger partial charge in [-0.2, -0.15) is 0 Å². The third-order valence-corrected chi connectivity index (χ3v) is 6.92. The van der Waals surface area contributed by atoms with Crippen LogP contribution in [0.15, 0.2) is 66.8 Å². The molecular weight excluding hydrogens is 492 g/mol. The Morgan fingerprint density at radius 2 is 1.81 bits per heavy atom. The van der Waals surface area contributed by atoms with Gasteiger partial charge in [-0.1, -0.05) is 66.0 Å². The van der Waals surface area contributed by atoms with E-state index in [1.807, 2.05) is 19.1 Å². The molecular formula is C28H26N2O6S. The molecule has 1 amide bonds. The number of hydrogen-bond donors (Lipinski definition) is 1. The maximum atomic E-state index is 13.4. The van der Waals surface area contributed by atoms with Gasteiger partial charge in [-0.15, -0.1) is 0 Å². The Kier molecular flexibility index (Phi) is 7.54. The number of hydrogen-bond acceptors (Lipinski definition) is 8. The lowest BCUT2D eigenvalue weighted by Gasteiger charge is -2.23. The van der Waals surface area contributed by atoms with Gasteiger partial charge in [0.2, 0.25) is 0 Å². The smallest absolute Gasteiger partial charge is 0.350 e. The molecule has 1 aliphatic rings. The van der Waals surface area contributed by atoms with E-state index >= 15 is 0 Å². The first-order valence-electron chi connectivity index (χ1n) is 11.6. The quantitative estimate of drug-likeness (QED) is 0.145. The van der Waals surface area contributed by atoms with Gasteiger partial charge >= 0.3 is 11.9 Å². The van der Waals surface area contributed by atoms with Gasteiger partial charge in [0.05, 0.1) is 23.9 Å². The van der Waals surface area contributed by atoms with Crippen LogP contribution in [0.4, 0.5) is 5.13 Å². The van der Waals surface area contributed by atoms with Crippen molar-refractivity contribution in [2.75, 3.05) is 18.1 Å². The van der Waals surface area contributed by atoms with Crippen LogP contribution in [0.5, 0.6) is 5.75 Å². The number of Topliss-reactive ketones (excluding diaryl/α,β-unsaturated/α-hetero) is 1. The lowest BCUT2D eigenvalue weighted by Crippen LogP contribution is -2.29. The van der Waals surface area contributed by atoms with E-state index < -0.39 is 23.7 Å². The normalized spacial score (nSPS) is 16.6. The molecule has 1 aliphatic heterocycles. The van der Waals surface area contributed by atoms with E-state index in [2.05, 4.69) is 11.6 Å². The second kappa shape index (κ2) is 10.8. The standard InChI is InChI=1S/C28H26N2O6S/c1-5-15-36-20-13-11-18(12-14-20)22-21(23(31)19-9-7-16(3)8-10-19)24(32)26(33)30(22)28-29-17(4)25(37-28)27(34)35-6-2/h5,7-14,22,31H,1,6,15H2,2-4H3/t22-/m0/s1. The first-order chi connectivity index (χ1) is 17.8. The van der Waals surface area contributed by atoms with Gasteiger partial charge in [-0.3, -0.25) is 14.5 Å². The highest BCUT2D eigenvalue weighted by Crippen LogP contribution is 2.44. The zero-order valence-corrected chi connectivity index (χ0v) is 21.5. The second-order valence-corrected chi connectivity index (χ2v) is 9.31. The first kappa shape index (κ1) is 25.8. The Hall–Kier alpha value is -4.24. The van der Waals surface area contributed by atoms with E-state index in [1.165, 1.54) is 4.90 Å². The zero-order chi connectivity index (χ0) is 26.7. The topological polar surface area (TPSA) is 106 Å². The number of thiazole rings is 1. The van der Waals surface area contributed by atoms with Gasteiger partial charge in [-0.05, 0) is 38.5 Å². The van der Waals surface area contributed by atoms with E-state index in [0.29, 0.717) is 29.2 Å². The SMILES string of the molecule is C=CCOc1ccc([C@H]2C(=C(O)c3ccc(C)cc3)C(=O)C(=O)N2c2nc(C)c(C(=O)OCC)s2)cc1. The molecule has 1 aromatic heterocycles. The van der Waals surface area contributed by atoms with E-state index in [9.17, 15) is 19.5 Å². The van der Waals surface area contributed by atoms with Crippen LogP contribution in [-0.4, -0.2) is 41.0 Å².